The number of halogens is 2. The molecule has 0 unspecified atom stereocenters. The van der Waals surface area contributed by atoms with E-state index in [0.717, 1.165) is 0 Å². The average molecular weight is 216 g/mol. The number of benzene rings is 1. The molecule has 0 saturated heterocycles. The number of para-hydroxylation sites is 1. The standard InChI is InChI=1S/C10H10F2O3/c1-9(2,13)6-4-3-5-7-8(6)15-10(11,12)14-7/h3-5,13H,1-2H3. The SMILES string of the molecule is CC(C)(O)c1cccc2c1OC(F)(F)O2. The number of rotatable bonds is 1. The number of aliphatic hydroxyl groups is 1. The van der Waals surface area contributed by atoms with Gasteiger partial charge in [0, 0.05) is 5.56 Å². The summed E-state index contributed by atoms with van der Waals surface area (Å²) < 4.78 is 34.2. The zero-order chi connectivity index (χ0) is 11.3. The van der Waals surface area contributed by atoms with Crippen molar-refractivity contribution in [1.82, 2.24) is 0 Å². The zero-order valence-corrected chi connectivity index (χ0v) is 8.25. The maximum Gasteiger partial charge on any atom is 0.586 e. The third kappa shape index (κ3) is 1.74. The summed E-state index contributed by atoms with van der Waals surface area (Å²) >= 11 is 0. The van der Waals surface area contributed by atoms with Crippen molar-refractivity contribution in [3.05, 3.63) is 23.8 Å². The van der Waals surface area contributed by atoms with E-state index in [0.29, 0.717) is 0 Å². The summed E-state index contributed by atoms with van der Waals surface area (Å²) in [5.41, 5.74) is -0.980. The van der Waals surface area contributed by atoms with Gasteiger partial charge in [0.05, 0.1) is 5.60 Å². The predicted molar refractivity (Wildman–Crippen MR) is 47.9 cm³/mol. The van der Waals surface area contributed by atoms with E-state index in [1.807, 2.05) is 0 Å². The third-order valence-electron chi connectivity index (χ3n) is 2.09. The Labute approximate surface area is 85.2 Å². The fourth-order valence-corrected chi connectivity index (χ4v) is 1.45. The Morgan fingerprint density at radius 3 is 2.53 bits per heavy atom. The molecule has 2 rings (SSSR count). The number of fused-ring (bicyclic) bond motifs is 1. The van der Waals surface area contributed by atoms with Crippen molar-refractivity contribution in [3.63, 3.8) is 0 Å². The number of hydrogen-bond donors (Lipinski definition) is 1. The van der Waals surface area contributed by atoms with E-state index >= 15 is 0 Å². The first kappa shape index (κ1) is 10.2. The lowest BCUT2D eigenvalue weighted by Gasteiger charge is -2.19. The smallest absolute Gasteiger partial charge is 0.395 e. The van der Waals surface area contributed by atoms with E-state index in [2.05, 4.69) is 9.47 Å². The minimum absolute atomic E-state index is 0.0559. The lowest BCUT2D eigenvalue weighted by molar-refractivity contribution is -0.287. The molecule has 1 aliphatic rings. The van der Waals surface area contributed by atoms with Crippen molar-refractivity contribution < 1.29 is 23.4 Å². The van der Waals surface area contributed by atoms with E-state index in [9.17, 15) is 13.9 Å². The number of alkyl halides is 2. The van der Waals surface area contributed by atoms with Crippen molar-refractivity contribution in [2.24, 2.45) is 0 Å². The Kier molecular flexibility index (Phi) is 1.91. The van der Waals surface area contributed by atoms with Crippen LogP contribution in [0.1, 0.15) is 19.4 Å². The van der Waals surface area contributed by atoms with Crippen LogP contribution in [0.4, 0.5) is 8.78 Å². The summed E-state index contributed by atoms with van der Waals surface area (Å²) in [5.74, 6) is -0.158. The minimum Gasteiger partial charge on any atom is -0.395 e. The van der Waals surface area contributed by atoms with Gasteiger partial charge in [0.25, 0.3) is 0 Å². The second kappa shape index (κ2) is 2.82. The third-order valence-corrected chi connectivity index (χ3v) is 2.09. The number of ether oxygens (including phenoxy) is 2. The lowest BCUT2D eigenvalue weighted by atomic mass is 9.97. The second-order valence-electron chi connectivity index (χ2n) is 3.86. The molecule has 0 aromatic heterocycles. The van der Waals surface area contributed by atoms with Gasteiger partial charge in [-0.25, -0.2) is 0 Å². The Hall–Kier alpha value is -1.36. The van der Waals surface area contributed by atoms with Crippen molar-refractivity contribution in [1.29, 1.82) is 0 Å². The highest BCUT2D eigenvalue weighted by molar-refractivity contribution is 5.50. The quantitative estimate of drug-likeness (QED) is 0.782. The molecule has 5 heteroatoms. The van der Waals surface area contributed by atoms with Crippen LogP contribution in [0.2, 0.25) is 0 Å². The average Bonchev–Trinajstić information content (AvgIpc) is 2.35. The van der Waals surface area contributed by atoms with Crippen molar-refractivity contribution in [3.8, 4) is 11.5 Å². The van der Waals surface area contributed by atoms with E-state index in [-0.39, 0.29) is 17.1 Å². The maximum absolute atomic E-state index is 12.8. The topological polar surface area (TPSA) is 38.7 Å². The molecule has 0 atom stereocenters. The van der Waals surface area contributed by atoms with Crippen molar-refractivity contribution in [2.45, 2.75) is 25.7 Å². The molecule has 82 valence electrons. The van der Waals surface area contributed by atoms with Gasteiger partial charge in [0.15, 0.2) is 11.5 Å². The second-order valence-corrected chi connectivity index (χ2v) is 3.86. The minimum atomic E-state index is -3.65. The molecule has 1 aromatic rings. The van der Waals surface area contributed by atoms with Gasteiger partial charge >= 0.3 is 6.29 Å². The van der Waals surface area contributed by atoms with Gasteiger partial charge in [-0.3, -0.25) is 0 Å². The van der Waals surface area contributed by atoms with Crippen LogP contribution in [0.3, 0.4) is 0 Å². The predicted octanol–water partition coefficient (Wildman–Crippen LogP) is 2.24. The van der Waals surface area contributed by atoms with Crippen LogP contribution in [0, 0.1) is 0 Å². The molecule has 0 saturated carbocycles. The Morgan fingerprint density at radius 2 is 1.93 bits per heavy atom. The molecule has 0 aliphatic carbocycles. The highest BCUT2D eigenvalue weighted by Gasteiger charge is 2.45. The van der Waals surface area contributed by atoms with E-state index in [1.54, 1.807) is 0 Å². The van der Waals surface area contributed by atoms with Gasteiger partial charge < -0.3 is 14.6 Å². The first-order valence-electron chi connectivity index (χ1n) is 4.41. The molecule has 15 heavy (non-hydrogen) atoms. The molecule has 1 heterocycles. The molecule has 0 fully saturated rings. The molecule has 1 aromatic carbocycles. The monoisotopic (exact) mass is 216 g/mol. The van der Waals surface area contributed by atoms with Crippen LogP contribution in [-0.2, 0) is 5.60 Å². The number of hydrogen-bond acceptors (Lipinski definition) is 3. The summed E-state index contributed by atoms with van der Waals surface area (Å²) in [6, 6.07) is 4.41. The zero-order valence-electron chi connectivity index (χ0n) is 8.25. The van der Waals surface area contributed by atoms with E-state index < -0.39 is 11.9 Å². The van der Waals surface area contributed by atoms with Crippen LogP contribution in [0.5, 0.6) is 11.5 Å². The highest BCUT2D eigenvalue weighted by atomic mass is 19.3. The molecule has 0 bridgehead atoms. The molecular weight excluding hydrogens is 206 g/mol. The molecule has 1 N–H and O–H groups in total. The summed E-state index contributed by atoms with van der Waals surface area (Å²) in [7, 11) is 0. The van der Waals surface area contributed by atoms with E-state index in [4.69, 9.17) is 0 Å². The van der Waals surface area contributed by atoms with Gasteiger partial charge in [0.2, 0.25) is 0 Å². The Morgan fingerprint density at radius 1 is 1.27 bits per heavy atom. The Balaban J connectivity index is 2.51. The van der Waals surface area contributed by atoms with Crippen LogP contribution in [0.15, 0.2) is 18.2 Å². The van der Waals surface area contributed by atoms with Gasteiger partial charge in [-0.2, -0.15) is 0 Å². The summed E-state index contributed by atoms with van der Waals surface area (Å²) in [6.07, 6.45) is -3.65. The van der Waals surface area contributed by atoms with Gasteiger partial charge in [0.1, 0.15) is 0 Å². The first-order chi connectivity index (χ1) is 6.80. The van der Waals surface area contributed by atoms with Crippen molar-refractivity contribution in [2.75, 3.05) is 0 Å². The molecular formula is C10H10F2O3. The molecule has 0 amide bonds. The Bertz CT molecular complexity index is 396. The first-order valence-corrected chi connectivity index (χ1v) is 4.41. The molecule has 0 spiro atoms. The van der Waals surface area contributed by atoms with Gasteiger partial charge in [-0.05, 0) is 19.9 Å². The van der Waals surface area contributed by atoms with Crippen LogP contribution >= 0.6 is 0 Å². The summed E-state index contributed by atoms with van der Waals surface area (Å²) in [5, 5.41) is 9.74. The highest BCUT2D eigenvalue weighted by Crippen LogP contribution is 2.46. The summed E-state index contributed by atoms with van der Waals surface area (Å²) in [6.45, 7) is 2.98. The van der Waals surface area contributed by atoms with Gasteiger partial charge in [-0.15, -0.1) is 8.78 Å². The molecule has 0 radical (unpaired) electrons. The largest absolute Gasteiger partial charge is 0.586 e. The fourth-order valence-electron chi connectivity index (χ4n) is 1.45. The molecule has 3 nitrogen and oxygen atoms in total. The summed E-state index contributed by atoms with van der Waals surface area (Å²) in [4.78, 5) is 0. The van der Waals surface area contributed by atoms with E-state index in [1.165, 1.54) is 32.0 Å². The van der Waals surface area contributed by atoms with Crippen molar-refractivity contribution >= 4 is 0 Å². The normalized spacial score (nSPS) is 17.9. The fraction of sp³-hybridized carbons (Fsp3) is 0.400. The van der Waals surface area contributed by atoms with Gasteiger partial charge in [-0.1, -0.05) is 12.1 Å². The molecule has 1 aliphatic heterocycles. The van der Waals surface area contributed by atoms with Crippen LogP contribution in [0.25, 0.3) is 0 Å². The van der Waals surface area contributed by atoms with Crippen LogP contribution in [-0.4, -0.2) is 11.4 Å². The lowest BCUT2D eigenvalue weighted by Crippen LogP contribution is -2.26. The van der Waals surface area contributed by atoms with Crippen LogP contribution < -0.4 is 9.47 Å². The maximum atomic E-state index is 12.8.